The van der Waals surface area contributed by atoms with Crippen LogP contribution in [0.5, 0.6) is 11.5 Å². The topological polar surface area (TPSA) is 97.0 Å². The number of hydrogen-bond acceptors (Lipinski definition) is 5. The van der Waals surface area contributed by atoms with Gasteiger partial charge in [0.05, 0.1) is 17.2 Å². The summed E-state index contributed by atoms with van der Waals surface area (Å²) < 4.78 is 11.9. The average Bonchev–Trinajstić information content (AvgIpc) is 3.13. The van der Waals surface area contributed by atoms with E-state index in [4.69, 9.17) is 9.47 Å². The Kier molecular flexibility index (Phi) is 8.12. The molecule has 1 aliphatic heterocycles. The summed E-state index contributed by atoms with van der Waals surface area (Å²) in [4.78, 5) is 38.9. The van der Waals surface area contributed by atoms with Crippen molar-refractivity contribution in [2.24, 2.45) is 0 Å². The van der Waals surface area contributed by atoms with Crippen molar-refractivity contribution in [1.29, 1.82) is 0 Å². The Bertz CT molecular complexity index is 1370. The van der Waals surface area contributed by atoms with Gasteiger partial charge in [0.2, 0.25) is 0 Å². The number of ether oxygens (including phenoxy) is 2. The number of anilines is 1. The Hall–Kier alpha value is -3.86. The first-order valence-corrected chi connectivity index (χ1v) is 12.6. The monoisotopic (exact) mass is 611 g/mol. The predicted octanol–water partition coefficient (Wildman–Crippen LogP) is 5.03. The van der Waals surface area contributed by atoms with Crippen molar-refractivity contribution in [3.8, 4) is 11.5 Å². The summed E-state index contributed by atoms with van der Waals surface area (Å²) in [5.41, 5.74) is 4.55. The van der Waals surface area contributed by atoms with Crippen molar-refractivity contribution in [3.05, 3.63) is 92.2 Å². The highest BCUT2D eigenvalue weighted by molar-refractivity contribution is 14.1. The van der Waals surface area contributed by atoms with Gasteiger partial charge in [0.15, 0.2) is 18.1 Å². The highest BCUT2D eigenvalue weighted by atomic mass is 127. The van der Waals surface area contributed by atoms with Gasteiger partial charge in [-0.15, -0.1) is 0 Å². The molecular formula is C28H26IN3O5. The van der Waals surface area contributed by atoms with Crippen LogP contribution in [0.2, 0.25) is 0 Å². The minimum Gasteiger partial charge on any atom is -0.493 e. The summed E-state index contributed by atoms with van der Waals surface area (Å²) in [6, 6.07) is 18.1. The van der Waals surface area contributed by atoms with Crippen LogP contribution in [0, 0.1) is 17.4 Å². The quantitative estimate of drug-likeness (QED) is 0.212. The Morgan fingerprint density at radius 1 is 1.03 bits per heavy atom. The van der Waals surface area contributed by atoms with Crippen LogP contribution >= 0.6 is 22.6 Å². The van der Waals surface area contributed by atoms with Crippen LogP contribution in [0.1, 0.15) is 22.3 Å². The average molecular weight is 611 g/mol. The molecule has 0 saturated carbocycles. The van der Waals surface area contributed by atoms with E-state index in [0.717, 1.165) is 16.7 Å². The molecule has 0 bridgehead atoms. The number of carbonyl (C=O) groups is 3. The van der Waals surface area contributed by atoms with Gasteiger partial charge in [-0.25, -0.2) is 4.79 Å². The number of methoxy groups -OCH3 is 1. The number of amides is 4. The smallest absolute Gasteiger partial charge is 0.329 e. The number of carbonyl (C=O) groups excluding carboxylic acids is 3. The molecule has 1 aliphatic rings. The second kappa shape index (κ2) is 11.5. The lowest BCUT2D eigenvalue weighted by molar-refractivity contribution is -0.123. The maximum atomic E-state index is 12.9. The number of nitrogens with one attached hydrogen (secondary N) is 2. The van der Waals surface area contributed by atoms with Gasteiger partial charge >= 0.3 is 6.03 Å². The lowest BCUT2D eigenvalue weighted by atomic mass is 10.1. The fourth-order valence-electron chi connectivity index (χ4n) is 3.69. The number of urea groups is 1. The molecule has 1 heterocycles. The van der Waals surface area contributed by atoms with Crippen LogP contribution in [-0.2, 0) is 16.1 Å². The fourth-order valence-corrected chi connectivity index (χ4v) is 4.47. The number of rotatable bonds is 8. The maximum Gasteiger partial charge on any atom is 0.329 e. The zero-order valence-electron chi connectivity index (χ0n) is 20.6. The largest absolute Gasteiger partial charge is 0.493 e. The van der Waals surface area contributed by atoms with Gasteiger partial charge in [-0.3, -0.25) is 14.5 Å². The second-order valence-corrected chi connectivity index (χ2v) is 9.76. The lowest BCUT2D eigenvalue weighted by Gasteiger charge is -2.14. The van der Waals surface area contributed by atoms with Crippen LogP contribution in [0.25, 0.3) is 6.08 Å². The van der Waals surface area contributed by atoms with E-state index in [2.05, 4.69) is 33.2 Å². The van der Waals surface area contributed by atoms with Crippen LogP contribution < -0.4 is 20.1 Å². The molecular weight excluding hydrogens is 585 g/mol. The normalized spacial score (nSPS) is 14.1. The Labute approximate surface area is 228 Å². The van der Waals surface area contributed by atoms with Crippen molar-refractivity contribution in [2.75, 3.05) is 19.0 Å². The predicted molar refractivity (Wildman–Crippen MR) is 149 cm³/mol. The molecule has 4 amide bonds. The van der Waals surface area contributed by atoms with E-state index < -0.39 is 11.9 Å². The molecule has 2 N–H and O–H groups in total. The third-order valence-electron chi connectivity index (χ3n) is 5.67. The highest BCUT2D eigenvalue weighted by Gasteiger charge is 2.33. The summed E-state index contributed by atoms with van der Waals surface area (Å²) in [6.07, 6.45) is 1.59. The number of imide groups is 1. The van der Waals surface area contributed by atoms with Gasteiger partial charge in [-0.2, -0.15) is 0 Å². The van der Waals surface area contributed by atoms with Gasteiger partial charge in [-0.1, -0.05) is 47.5 Å². The Morgan fingerprint density at radius 2 is 1.68 bits per heavy atom. The van der Waals surface area contributed by atoms with E-state index >= 15 is 0 Å². The van der Waals surface area contributed by atoms with Crippen molar-refractivity contribution in [2.45, 2.75) is 20.4 Å². The number of hydrogen-bond donors (Lipinski definition) is 2. The van der Waals surface area contributed by atoms with Gasteiger partial charge in [0, 0.05) is 5.69 Å². The molecule has 3 aromatic rings. The molecule has 37 heavy (non-hydrogen) atoms. The van der Waals surface area contributed by atoms with Crippen molar-refractivity contribution in [1.82, 2.24) is 10.2 Å². The van der Waals surface area contributed by atoms with E-state index in [0.29, 0.717) is 26.3 Å². The van der Waals surface area contributed by atoms with Gasteiger partial charge in [-0.05, 0) is 77.9 Å². The molecule has 0 atom stereocenters. The van der Waals surface area contributed by atoms with Crippen molar-refractivity contribution < 1.29 is 23.9 Å². The van der Waals surface area contributed by atoms with Gasteiger partial charge < -0.3 is 20.1 Å². The SMILES string of the molecule is COc1cc(/C=C2/NC(=O)N(Cc3ccc(C)cc3)C2=O)cc(I)c1OCC(=O)Nc1ccc(C)cc1. The van der Waals surface area contributed by atoms with Gasteiger partial charge in [0.1, 0.15) is 5.70 Å². The molecule has 0 radical (unpaired) electrons. The Morgan fingerprint density at radius 3 is 2.32 bits per heavy atom. The number of benzene rings is 3. The minimum atomic E-state index is -0.474. The van der Waals surface area contributed by atoms with Crippen molar-refractivity contribution >= 4 is 52.2 Å². The zero-order chi connectivity index (χ0) is 26.5. The van der Waals surface area contributed by atoms with Crippen LogP contribution in [-0.4, -0.2) is 36.5 Å². The summed E-state index contributed by atoms with van der Waals surface area (Å²) in [5, 5.41) is 5.43. The molecule has 4 rings (SSSR count). The zero-order valence-corrected chi connectivity index (χ0v) is 22.8. The van der Waals surface area contributed by atoms with Gasteiger partial charge in [0.25, 0.3) is 11.8 Å². The van der Waals surface area contributed by atoms with Crippen LogP contribution in [0.4, 0.5) is 10.5 Å². The molecule has 3 aromatic carbocycles. The van der Waals surface area contributed by atoms with Crippen LogP contribution in [0.3, 0.4) is 0 Å². The third-order valence-corrected chi connectivity index (χ3v) is 6.47. The molecule has 0 aliphatic carbocycles. The van der Waals surface area contributed by atoms with E-state index in [1.54, 1.807) is 18.2 Å². The molecule has 0 unspecified atom stereocenters. The summed E-state index contributed by atoms with van der Waals surface area (Å²) in [5.74, 6) is 0.0933. The lowest BCUT2D eigenvalue weighted by Crippen LogP contribution is -2.30. The van der Waals surface area contributed by atoms with Crippen molar-refractivity contribution in [3.63, 3.8) is 0 Å². The van der Waals surface area contributed by atoms with Crippen LogP contribution in [0.15, 0.2) is 66.4 Å². The maximum absolute atomic E-state index is 12.9. The summed E-state index contributed by atoms with van der Waals surface area (Å²) in [7, 11) is 1.49. The molecule has 9 heteroatoms. The van der Waals surface area contributed by atoms with E-state index in [1.807, 2.05) is 62.4 Å². The minimum absolute atomic E-state index is 0.168. The second-order valence-electron chi connectivity index (χ2n) is 8.60. The molecule has 1 fully saturated rings. The molecule has 0 aromatic heterocycles. The third kappa shape index (κ3) is 6.48. The first kappa shape index (κ1) is 26.2. The molecule has 8 nitrogen and oxygen atoms in total. The van der Waals surface area contributed by atoms with E-state index in [1.165, 1.54) is 12.0 Å². The first-order chi connectivity index (χ1) is 17.7. The summed E-state index contributed by atoms with van der Waals surface area (Å²) in [6.45, 7) is 3.93. The standard InChI is InChI=1S/C28H26IN3O5/c1-17-4-8-19(9-5-17)15-32-27(34)23(31-28(32)35)13-20-12-22(29)26(24(14-20)36-3)37-16-25(33)30-21-10-6-18(2)7-11-21/h4-14H,15-16H2,1-3H3,(H,30,33)(H,31,35)/b23-13+. The Balaban J connectivity index is 1.45. The number of aryl methyl sites for hydroxylation is 2. The molecule has 0 spiro atoms. The number of nitrogens with zero attached hydrogens (tertiary/aromatic N) is 1. The van der Waals surface area contributed by atoms with E-state index in [9.17, 15) is 14.4 Å². The molecule has 1 saturated heterocycles. The number of halogens is 1. The van der Waals surface area contributed by atoms with E-state index in [-0.39, 0.29) is 24.8 Å². The first-order valence-electron chi connectivity index (χ1n) is 11.5. The highest BCUT2D eigenvalue weighted by Crippen LogP contribution is 2.35. The fraction of sp³-hybridized carbons (Fsp3) is 0.179. The molecule has 190 valence electrons. The summed E-state index contributed by atoms with van der Waals surface area (Å²) >= 11 is 2.08.